The zero-order chi connectivity index (χ0) is 16.7. The van der Waals surface area contributed by atoms with E-state index in [4.69, 9.17) is 15.2 Å². The van der Waals surface area contributed by atoms with Crippen LogP contribution in [-0.4, -0.2) is 35.5 Å². The third kappa shape index (κ3) is 2.72. The summed E-state index contributed by atoms with van der Waals surface area (Å²) in [6, 6.07) is 6.16. The number of fused-ring (bicyclic) bond motifs is 3. The first-order valence-corrected chi connectivity index (χ1v) is 8.71. The van der Waals surface area contributed by atoms with Crippen LogP contribution in [-0.2, 0) is 6.42 Å². The fourth-order valence-electron chi connectivity index (χ4n) is 4.03. The molecule has 0 spiro atoms. The fourth-order valence-corrected chi connectivity index (χ4v) is 4.03. The molecule has 4 rings (SSSR count). The molecule has 5 nitrogen and oxygen atoms in total. The van der Waals surface area contributed by atoms with Gasteiger partial charge in [0.15, 0.2) is 0 Å². The van der Waals surface area contributed by atoms with Crippen LogP contribution in [0.2, 0.25) is 0 Å². The van der Waals surface area contributed by atoms with Gasteiger partial charge >= 0.3 is 0 Å². The van der Waals surface area contributed by atoms with Gasteiger partial charge in [0.1, 0.15) is 17.6 Å². The molecule has 2 aliphatic rings. The number of hydrogen-bond donors (Lipinski definition) is 2. The van der Waals surface area contributed by atoms with Gasteiger partial charge in [-0.25, -0.2) is 0 Å². The molecule has 0 bridgehead atoms. The monoisotopic (exact) mass is 328 g/mol. The largest absolute Gasteiger partial charge is 0.497 e. The third-order valence-electron chi connectivity index (χ3n) is 5.51. The Morgan fingerprint density at radius 2 is 2.08 bits per heavy atom. The van der Waals surface area contributed by atoms with E-state index < -0.39 is 6.10 Å². The molecular formula is C19H24N2O3. The van der Waals surface area contributed by atoms with Crippen LogP contribution in [0, 0.1) is 5.92 Å². The summed E-state index contributed by atoms with van der Waals surface area (Å²) < 4.78 is 11.4. The summed E-state index contributed by atoms with van der Waals surface area (Å²) >= 11 is 0. The second-order valence-corrected chi connectivity index (χ2v) is 7.01. The molecular weight excluding hydrogens is 304 g/mol. The highest BCUT2D eigenvalue weighted by Gasteiger charge is 2.36. The number of aliphatic hydroxyl groups excluding tert-OH is 1. The van der Waals surface area contributed by atoms with Crippen molar-refractivity contribution in [2.75, 3.05) is 7.11 Å². The van der Waals surface area contributed by atoms with Crippen molar-refractivity contribution >= 4 is 10.9 Å². The normalized spacial score (nSPS) is 27.5. The molecule has 2 aromatic rings. The highest BCUT2D eigenvalue weighted by Crippen LogP contribution is 2.38. The van der Waals surface area contributed by atoms with E-state index in [9.17, 15) is 5.11 Å². The Labute approximate surface area is 141 Å². The summed E-state index contributed by atoms with van der Waals surface area (Å²) in [7, 11) is 1.66. The number of aliphatic hydroxyl groups is 1. The SMILES string of the molecule is COc1ccc2ncc3c(c2c1)CC(C(O)[C@H]1CC[C@H](N)CC1)O3. The first-order valence-electron chi connectivity index (χ1n) is 8.71. The molecule has 2 heterocycles. The maximum Gasteiger partial charge on any atom is 0.142 e. The number of aromatic nitrogens is 1. The van der Waals surface area contributed by atoms with E-state index in [1.165, 1.54) is 0 Å². The number of nitrogens with zero attached hydrogens (tertiary/aromatic N) is 1. The molecule has 1 aromatic carbocycles. The molecule has 1 aromatic heterocycles. The average molecular weight is 328 g/mol. The van der Waals surface area contributed by atoms with Gasteiger partial charge in [-0.05, 0) is 49.8 Å². The van der Waals surface area contributed by atoms with Gasteiger partial charge in [-0.1, -0.05) is 0 Å². The number of ether oxygens (including phenoxy) is 2. The maximum atomic E-state index is 10.8. The summed E-state index contributed by atoms with van der Waals surface area (Å²) in [6.07, 6.45) is 5.77. The van der Waals surface area contributed by atoms with Crippen molar-refractivity contribution in [3.63, 3.8) is 0 Å². The van der Waals surface area contributed by atoms with Crippen LogP contribution in [0.1, 0.15) is 31.2 Å². The van der Waals surface area contributed by atoms with Crippen molar-refractivity contribution in [3.8, 4) is 11.5 Å². The zero-order valence-corrected chi connectivity index (χ0v) is 13.9. The molecule has 5 heteroatoms. The number of pyridine rings is 1. The van der Waals surface area contributed by atoms with Crippen molar-refractivity contribution in [1.29, 1.82) is 0 Å². The number of methoxy groups -OCH3 is 1. The molecule has 0 radical (unpaired) electrons. The Kier molecular flexibility index (Phi) is 4.06. The number of benzene rings is 1. The summed E-state index contributed by atoms with van der Waals surface area (Å²) in [5.74, 6) is 1.87. The topological polar surface area (TPSA) is 77.6 Å². The number of rotatable bonds is 3. The Balaban J connectivity index is 1.58. The van der Waals surface area contributed by atoms with Crippen molar-refractivity contribution in [2.45, 2.75) is 50.4 Å². The van der Waals surface area contributed by atoms with E-state index in [0.29, 0.717) is 6.42 Å². The van der Waals surface area contributed by atoms with Crippen LogP contribution < -0.4 is 15.2 Å². The van der Waals surface area contributed by atoms with Gasteiger partial charge in [0.05, 0.1) is 24.9 Å². The fraction of sp³-hybridized carbons (Fsp3) is 0.526. The molecule has 1 saturated carbocycles. The van der Waals surface area contributed by atoms with Crippen LogP contribution >= 0.6 is 0 Å². The van der Waals surface area contributed by atoms with Gasteiger partial charge in [-0.2, -0.15) is 0 Å². The van der Waals surface area contributed by atoms with Crippen molar-refractivity contribution in [1.82, 2.24) is 4.98 Å². The lowest BCUT2D eigenvalue weighted by atomic mass is 9.80. The van der Waals surface area contributed by atoms with E-state index in [1.807, 2.05) is 18.2 Å². The standard InChI is InChI=1S/C19H24N2O3/c1-23-13-6-7-16-14(8-13)15-9-17(24-18(15)10-21-16)19(22)11-2-4-12(20)5-3-11/h6-8,10-12,17,19,22H,2-5,9,20H2,1H3/t11-,12-,17?,19?. The van der Waals surface area contributed by atoms with Gasteiger partial charge in [-0.3, -0.25) is 4.98 Å². The second-order valence-electron chi connectivity index (χ2n) is 7.01. The van der Waals surface area contributed by atoms with Crippen LogP contribution in [0.4, 0.5) is 0 Å². The minimum absolute atomic E-state index is 0.196. The van der Waals surface area contributed by atoms with Crippen LogP contribution in [0.25, 0.3) is 10.9 Å². The third-order valence-corrected chi connectivity index (χ3v) is 5.51. The molecule has 128 valence electrons. The van der Waals surface area contributed by atoms with Gasteiger partial charge in [0, 0.05) is 23.4 Å². The van der Waals surface area contributed by atoms with Gasteiger partial charge in [0.2, 0.25) is 0 Å². The summed E-state index contributed by atoms with van der Waals surface area (Å²) in [6.45, 7) is 0. The van der Waals surface area contributed by atoms with E-state index in [1.54, 1.807) is 13.3 Å². The van der Waals surface area contributed by atoms with Crippen molar-refractivity contribution in [2.24, 2.45) is 11.7 Å². The molecule has 2 atom stereocenters. The zero-order valence-electron chi connectivity index (χ0n) is 13.9. The summed E-state index contributed by atoms with van der Waals surface area (Å²) in [5, 5.41) is 11.8. The maximum absolute atomic E-state index is 10.8. The van der Waals surface area contributed by atoms with Crippen LogP contribution in [0.15, 0.2) is 24.4 Å². The lowest BCUT2D eigenvalue weighted by molar-refractivity contribution is -0.00535. The second kappa shape index (κ2) is 6.22. The quantitative estimate of drug-likeness (QED) is 0.905. The van der Waals surface area contributed by atoms with Gasteiger partial charge in [0.25, 0.3) is 0 Å². The van der Waals surface area contributed by atoms with Crippen LogP contribution in [0.5, 0.6) is 11.5 Å². The summed E-state index contributed by atoms with van der Waals surface area (Å²) in [5.41, 5.74) is 8.02. The molecule has 24 heavy (non-hydrogen) atoms. The lowest BCUT2D eigenvalue weighted by Gasteiger charge is -2.32. The van der Waals surface area contributed by atoms with Gasteiger partial charge < -0.3 is 20.3 Å². The van der Waals surface area contributed by atoms with E-state index >= 15 is 0 Å². The van der Waals surface area contributed by atoms with Crippen molar-refractivity contribution in [3.05, 3.63) is 30.0 Å². The predicted molar refractivity (Wildman–Crippen MR) is 92.4 cm³/mol. The molecule has 0 amide bonds. The van der Waals surface area contributed by atoms with Crippen molar-refractivity contribution < 1.29 is 14.6 Å². The minimum Gasteiger partial charge on any atom is -0.497 e. The number of hydrogen-bond acceptors (Lipinski definition) is 5. The first-order chi connectivity index (χ1) is 11.7. The lowest BCUT2D eigenvalue weighted by Crippen LogP contribution is -2.40. The summed E-state index contributed by atoms with van der Waals surface area (Å²) in [4.78, 5) is 4.47. The van der Waals surface area contributed by atoms with Crippen LogP contribution in [0.3, 0.4) is 0 Å². The Morgan fingerprint density at radius 3 is 2.83 bits per heavy atom. The molecule has 2 unspecified atom stereocenters. The van der Waals surface area contributed by atoms with E-state index in [-0.39, 0.29) is 18.1 Å². The molecule has 1 aliphatic carbocycles. The first kappa shape index (κ1) is 15.7. The average Bonchev–Trinajstić information content (AvgIpc) is 3.06. The highest BCUT2D eigenvalue weighted by molar-refractivity contribution is 5.86. The Hall–Kier alpha value is -1.85. The molecule has 1 fully saturated rings. The predicted octanol–water partition coefficient (Wildman–Crippen LogP) is 2.43. The van der Waals surface area contributed by atoms with Gasteiger partial charge in [-0.15, -0.1) is 0 Å². The minimum atomic E-state index is -0.453. The van der Waals surface area contributed by atoms with E-state index in [0.717, 1.165) is 53.6 Å². The smallest absolute Gasteiger partial charge is 0.142 e. The molecule has 3 N–H and O–H groups in total. The Morgan fingerprint density at radius 1 is 1.29 bits per heavy atom. The molecule has 0 saturated heterocycles. The number of nitrogens with two attached hydrogens (primary N) is 1. The highest BCUT2D eigenvalue weighted by atomic mass is 16.5. The molecule has 1 aliphatic heterocycles. The van der Waals surface area contributed by atoms with E-state index in [2.05, 4.69) is 4.98 Å². The Bertz CT molecular complexity index is 741.